The molecule has 0 spiro atoms. The molecule has 1 aromatic rings. The largest absolute Gasteiger partial charge is 0.506 e. The highest BCUT2D eigenvalue weighted by Crippen LogP contribution is 2.01. The lowest BCUT2D eigenvalue weighted by Crippen LogP contribution is -2.08. The van der Waals surface area contributed by atoms with Gasteiger partial charge in [-0.2, -0.15) is 0 Å². The van der Waals surface area contributed by atoms with Crippen LogP contribution in [0.5, 0.6) is 0 Å². The fourth-order valence-electron chi connectivity index (χ4n) is 0.623. The van der Waals surface area contributed by atoms with E-state index in [9.17, 15) is 8.78 Å². The SMILES string of the molecule is Br.Fc1cc[c]([Mg][Br])cc1F. The van der Waals surface area contributed by atoms with Gasteiger partial charge in [-0.1, -0.05) is 6.07 Å². The van der Waals surface area contributed by atoms with Crippen molar-refractivity contribution in [3.05, 3.63) is 29.8 Å². The van der Waals surface area contributed by atoms with Crippen molar-refractivity contribution in [2.45, 2.75) is 0 Å². The summed E-state index contributed by atoms with van der Waals surface area (Å²) >= 11 is 2.73. The maximum atomic E-state index is 12.4. The second-order valence-electron chi connectivity index (χ2n) is 1.88. The van der Waals surface area contributed by atoms with Crippen LogP contribution in [0.1, 0.15) is 0 Å². The van der Waals surface area contributed by atoms with E-state index in [1.165, 1.54) is 6.07 Å². The van der Waals surface area contributed by atoms with Gasteiger partial charge < -0.3 is 0 Å². The van der Waals surface area contributed by atoms with Crippen molar-refractivity contribution in [3.63, 3.8) is 0 Å². The van der Waals surface area contributed by atoms with Crippen molar-refractivity contribution in [2.24, 2.45) is 0 Å². The number of hydrogen-bond donors (Lipinski definition) is 0. The van der Waals surface area contributed by atoms with Crippen molar-refractivity contribution >= 4 is 51.8 Å². The molecule has 0 aliphatic carbocycles. The Balaban J connectivity index is 0.000001000. The summed E-state index contributed by atoms with van der Waals surface area (Å²) in [5.41, 5.74) is 0. The quantitative estimate of drug-likeness (QED) is 0.697. The summed E-state index contributed by atoms with van der Waals surface area (Å²) < 4.78 is 25.5. The number of hydrogen-bond acceptors (Lipinski definition) is 0. The lowest BCUT2D eigenvalue weighted by molar-refractivity contribution is 0.509. The van der Waals surface area contributed by atoms with Gasteiger partial charge in [-0.05, 0) is 12.1 Å². The first kappa shape index (κ1) is 11.8. The Morgan fingerprint density at radius 2 is 1.82 bits per heavy atom. The minimum atomic E-state index is -0.779. The van der Waals surface area contributed by atoms with Gasteiger partial charge in [-0.15, -0.1) is 20.7 Å². The van der Waals surface area contributed by atoms with Crippen LogP contribution in [0.3, 0.4) is 0 Å². The highest BCUT2D eigenvalue weighted by Gasteiger charge is 2.01. The summed E-state index contributed by atoms with van der Waals surface area (Å²) in [5, 5.41) is 0. The van der Waals surface area contributed by atoms with Crippen molar-refractivity contribution in [1.82, 2.24) is 0 Å². The summed E-state index contributed by atoms with van der Waals surface area (Å²) in [6.07, 6.45) is 0. The Bertz CT molecular complexity index is 242. The Morgan fingerprint density at radius 3 is 2.27 bits per heavy atom. The number of benzene rings is 1. The molecule has 0 nitrogen and oxygen atoms in total. The Morgan fingerprint density at radius 1 is 1.18 bits per heavy atom. The van der Waals surface area contributed by atoms with E-state index >= 15 is 0 Å². The zero-order chi connectivity index (χ0) is 7.56. The fraction of sp³-hybridized carbons (Fsp3) is 0. The lowest BCUT2D eigenvalue weighted by Gasteiger charge is -1.94. The summed E-state index contributed by atoms with van der Waals surface area (Å²) in [6, 6.07) is 3.98. The van der Waals surface area contributed by atoms with Gasteiger partial charge in [0.2, 0.25) is 0 Å². The molecule has 0 aliphatic rings. The maximum Gasteiger partial charge on any atom is 0.506 e. The van der Waals surface area contributed by atoms with Crippen molar-refractivity contribution < 1.29 is 8.78 Å². The van der Waals surface area contributed by atoms with E-state index in [2.05, 4.69) is 12.9 Å². The van der Waals surface area contributed by atoms with Crippen LogP contribution in [-0.4, -0.2) is 18.2 Å². The molecule has 11 heavy (non-hydrogen) atoms. The molecule has 5 heteroatoms. The molecule has 0 amide bonds. The van der Waals surface area contributed by atoms with Crippen molar-refractivity contribution in [3.8, 4) is 0 Å². The molecule has 0 N–H and O–H groups in total. The zero-order valence-corrected chi connectivity index (χ0v) is 10.2. The van der Waals surface area contributed by atoms with Crippen LogP contribution in [0, 0.1) is 11.6 Å². The lowest BCUT2D eigenvalue weighted by atomic mass is 10.3. The molecule has 1 aromatic carbocycles. The Hall–Kier alpha value is 0.806. The van der Waals surface area contributed by atoms with Gasteiger partial charge in [0.05, 0.1) is 0 Å². The number of rotatable bonds is 1. The van der Waals surface area contributed by atoms with Crippen LogP contribution in [0.4, 0.5) is 8.78 Å². The van der Waals surface area contributed by atoms with E-state index in [0.29, 0.717) is 0 Å². The van der Waals surface area contributed by atoms with Crippen LogP contribution in [0.2, 0.25) is 0 Å². The minimum Gasteiger partial charge on any atom is -0.296 e. The van der Waals surface area contributed by atoms with E-state index in [4.69, 9.17) is 0 Å². The van der Waals surface area contributed by atoms with Gasteiger partial charge in [0.1, 0.15) is 0 Å². The minimum absolute atomic E-state index is 0. The molecule has 0 aromatic heterocycles. The van der Waals surface area contributed by atoms with Crippen LogP contribution in [-0.2, 0) is 0 Å². The maximum absolute atomic E-state index is 12.4. The summed E-state index contributed by atoms with van der Waals surface area (Å²) in [5.74, 6) is -1.54. The van der Waals surface area contributed by atoms with Crippen LogP contribution in [0.25, 0.3) is 0 Å². The van der Waals surface area contributed by atoms with E-state index in [-0.39, 0.29) is 17.0 Å². The summed E-state index contributed by atoms with van der Waals surface area (Å²) in [7, 11) is 0. The third kappa shape index (κ3) is 3.35. The second-order valence-corrected chi connectivity index (χ2v) is 4.65. The molecule has 0 radical (unpaired) electrons. The highest BCUT2D eigenvalue weighted by atomic mass is 79.9. The molecule has 0 heterocycles. The molecular formula is C6H4Br2F2Mg. The van der Waals surface area contributed by atoms with Crippen LogP contribution >= 0.6 is 29.9 Å². The van der Waals surface area contributed by atoms with Crippen molar-refractivity contribution in [1.29, 1.82) is 0 Å². The van der Waals surface area contributed by atoms with Gasteiger partial charge in [0, 0.05) is 0 Å². The van der Waals surface area contributed by atoms with Gasteiger partial charge in [0.25, 0.3) is 0 Å². The third-order valence-corrected chi connectivity index (χ3v) is 3.83. The molecule has 0 aliphatic heterocycles. The van der Waals surface area contributed by atoms with Crippen molar-refractivity contribution in [2.75, 3.05) is 0 Å². The molecule has 0 saturated carbocycles. The molecule has 1 rings (SSSR count). The van der Waals surface area contributed by atoms with Crippen LogP contribution < -0.4 is 3.69 Å². The normalized spacial score (nSPS) is 8.27. The van der Waals surface area contributed by atoms with Gasteiger partial charge in [-0.25, -0.2) is 8.78 Å². The van der Waals surface area contributed by atoms with E-state index < -0.39 is 29.8 Å². The Kier molecular flexibility index (Phi) is 5.85. The Labute approximate surface area is 89.7 Å². The van der Waals surface area contributed by atoms with Gasteiger partial charge >= 0.3 is 18.2 Å². The van der Waals surface area contributed by atoms with Gasteiger partial charge in [-0.3, -0.25) is 12.9 Å². The topological polar surface area (TPSA) is 0 Å². The number of halogens is 4. The first-order valence-corrected chi connectivity index (χ1v) is 7.34. The second kappa shape index (κ2) is 5.45. The summed E-state index contributed by atoms with van der Waals surface area (Å²) in [4.78, 5) is 0. The van der Waals surface area contributed by atoms with E-state index in [1.54, 1.807) is 6.07 Å². The molecule has 0 saturated heterocycles. The van der Waals surface area contributed by atoms with Gasteiger partial charge in [0.15, 0.2) is 11.6 Å². The van der Waals surface area contributed by atoms with E-state index in [1.807, 2.05) is 0 Å². The average Bonchev–Trinajstić information content (AvgIpc) is 1.95. The first-order valence-electron chi connectivity index (χ1n) is 2.74. The molecular weight excluding hydrogens is 294 g/mol. The molecule has 58 valence electrons. The first-order chi connectivity index (χ1) is 4.74. The molecule has 0 unspecified atom stereocenters. The third-order valence-electron chi connectivity index (χ3n) is 1.14. The fourth-order valence-corrected chi connectivity index (χ4v) is 2.13. The monoisotopic (exact) mass is 296 g/mol. The molecule has 0 bridgehead atoms. The smallest absolute Gasteiger partial charge is 0.296 e. The molecule has 0 fully saturated rings. The molecule has 0 atom stereocenters. The standard InChI is InChI=1S/C6H3F2.2BrH.Mg/c7-5-3-1-2-4-6(5)8;;;/h1,3-4H;2*1H;/q;;;+1/p-1. The predicted molar refractivity (Wildman–Crippen MR) is 51.0 cm³/mol. The predicted octanol–water partition coefficient (Wildman–Crippen LogP) is 2.18. The van der Waals surface area contributed by atoms with Crippen LogP contribution in [0.15, 0.2) is 18.2 Å². The summed E-state index contributed by atoms with van der Waals surface area (Å²) in [6.45, 7) is 0. The zero-order valence-electron chi connectivity index (χ0n) is 5.48. The average molecular weight is 298 g/mol. The van der Waals surface area contributed by atoms with E-state index in [0.717, 1.165) is 9.76 Å². The highest BCUT2D eigenvalue weighted by molar-refractivity contribution is 9.23.